The molecule has 0 aliphatic rings. The number of aromatic nitrogens is 2. The highest BCUT2D eigenvalue weighted by molar-refractivity contribution is 6.33. The maximum absolute atomic E-state index is 12.7. The Morgan fingerprint density at radius 3 is 2.72 bits per heavy atom. The molecule has 0 aliphatic heterocycles. The van der Waals surface area contributed by atoms with Crippen LogP contribution in [0.4, 0.5) is 0 Å². The van der Waals surface area contributed by atoms with Gasteiger partial charge in [-0.15, -0.1) is 0 Å². The third-order valence-electron chi connectivity index (χ3n) is 4.05. The molecule has 0 saturated carbocycles. The van der Waals surface area contributed by atoms with Crippen molar-refractivity contribution in [3.8, 4) is 0 Å². The van der Waals surface area contributed by atoms with Crippen LogP contribution in [0.15, 0.2) is 34.7 Å². The molecular weight excluding hydrogens is 338 g/mol. The number of carbonyl (C=O) groups excluding carboxylic acids is 1. The van der Waals surface area contributed by atoms with Crippen molar-refractivity contribution in [1.29, 1.82) is 0 Å². The Labute approximate surface area is 152 Å². The first-order valence-electron chi connectivity index (χ1n) is 8.39. The van der Waals surface area contributed by atoms with Gasteiger partial charge >= 0.3 is 0 Å². The number of aryl methyl sites for hydroxylation is 1. The Morgan fingerprint density at radius 2 is 2.04 bits per heavy atom. The van der Waals surface area contributed by atoms with Crippen molar-refractivity contribution in [2.75, 3.05) is 0 Å². The van der Waals surface area contributed by atoms with Crippen molar-refractivity contribution >= 4 is 28.5 Å². The minimum Gasteiger partial charge on any atom is -0.459 e. The van der Waals surface area contributed by atoms with Crippen LogP contribution in [0.2, 0.25) is 5.15 Å². The van der Waals surface area contributed by atoms with Crippen LogP contribution in [-0.4, -0.2) is 15.7 Å². The molecule has 2 aromatic heterocycles. The number of rotatable bonds is 5. The van der Waals surface area contributed by atoms with Gasteiger partial charge in [0.1, 0.15) is 16.5 Å². The first kappa shape index (κ1) is 17.5. The molecule has 6 heteroatoms. The van der Waals surface area contributed by atoms with Crippen LogP contribution in [0.25, 0.3) is 11.0 Å². The van der Waals surface area contributed by atoms with Crippen LogP contribution in [0.5, 0.6) is 0 Å². The van der Waals surface area contributed by atoms with Crippen molar-refractivity contribution in [1.82, 2.24) is 15.1 Å². The zero-order chi connectivity index (χ0) is 18.1. The van der Waals surface area contributed by atoms with E-state index in [0.29, 0.717) is 34.6 Å². The highest BCUT2D eigenvalue weighted by Crippen LogP contribution is 2.25. The van der Waals surface area contributed by atoms with Crippen molar-refractivity contribution < 1.29 is 9.21 Å². The summed E-state index contributed by atoms with van der Waals surface area (Å²) in [6.45, 7) is 8.51. The van der Waals surface area contributed by atoms with Crippen LogP contribution in [0.3, 0.4) is 0 Å². The lowest BCUT2D eigenvalue weighted by Crippen LogP contribution is -2.27. The number of nitrogens with zero attached hydrogens (tertiary/aromatic N) is 2. The number of hydrogen-bond acceptors (Lipinski definition) is 3. The number of nitrogens with one attached hydrogen (secondary N) is 1. The molecule has 1 atom stereocenters. The van der Waals surface area contributed by atoms with Crippen molar-refractivity contribution in [2.45, 2.75) is 40.3 Å². The average molecular weight is 360 g/mol. The Morgan fingerprint density at radius 1 is 1.32 bits per heavy atom. The van der Waals surface area contributed by atoms with Gasteiger partial charge < -0.3 is 9.73 Å². The maximum Gasteiger partial charge on any atom is 0.256 e. The lowest BCUT2D eigenvalue weighted by atomic mass is 10.2. The molecule has 0 fully saturated rings. The molecule has 5 nitrogen and oxygen atoms in total. The van der Waals surface area contributed by atoms with E-state index in [9.17, 15) is 4.79 Å². The van der Waals surface area contributed by atoms with Gasteiger partial charge in [-0.05, 0) is 31.9 Å². The van der Waals surface area contributed by atoms with Crippen LogP contribution in [-0.2, 0) is 6.54 Å². The van der Waals surface area contributed by atoms with Crippen molar-refractivity contribution in [3.63, 3.8) is 0 Å². The number of para-hydroxylation sites is 1. The molecule has 0 radical (unpaired) electrons. The second-order valence-electron chi connectivity index (χ2n) is 6.71. The summed E-state index contributed by atoms with van der Waals surface area (Å²) in [6.07, 6.45) is 0. The van der Waals surface area contributed by atoms with E-state index in [2.05, 4.69) is 24.3 Å². The van der Waals surface area contributed by atoms with E-state index in [-0.39, 0.29) is 11.9 Å². The first-order valence-corrected chi connectivity index (χ1v) is 8.77. The number of carbonyl (C=O) groups is 1. The molecule has 1 N–H and O–H groups in total. The highest BCUT2D eigenvalue weighted by atomic mass is 35.5. The third kappa shape index (κ3) is 3.56. The molecule has 3 rings (SSSR count). The average Bonchev–Trinajstić information content (AvgIpc) is 3.08. The molecule has 1 amide bonds. The molecule has 0 unspecified atom stereocenters. The molecule has 2 heterocycles. The summed E-state index contributed by atoms with van der Waals surface area (Å²) < 4.78 is 7.50. The minimum atomic E-state index is -0.274. The fraction of sp³-hybridized carbons (Fsp3) is 0.368. The van der Waals surface area contributed by atoms with Crippen LogP contribution in [0, 0.1) is 12.8 Å². The van der Waals surface area contributed by atoms with E-state index in [1.165, 1.54) is 0 Å². The summed E-state index contributed by atoms with van der Waals surface area (Å²) >= 11 is 6.38. The number of benzene rings is 1. The first-order chi connectivity index (χ1) is 11.9. The zero-order valence-corrected chi connectivity index (χ0v) is 15.6. The van der Waals surface area contributed by atoms with Gasteiger partial charge in [0.25, 0.3) is 5.91 Å². The largest absolute Gasteiger partial charge is 0.459 e. The second-order valence-corrected chi connectivity index (χ2v) is 7.07. The fourth-order valence-electron chi connectivity index (χ4n) is 2.83. The Balaban J connectivity index is 1.80. The fourth-order valence-corrected chi connectivity index (χ4v) is 3.16. The highest BCUT2D eigenvalue weighted by Gasteiger charge is 2.23. The third-order valence-corrected chi connectivity index (χ3v) is 4.43. The lowest BCUT2D eigenvalue weighted by Gasteiger charge is -2.11. The van der Waals surface area contributed by atoms with E-state index >= 15 is 0 Å². The monoisotopic (exact) mass is 359 g/mol. The smallest absolute Gasteiger partial charge is 0.256 e. The summed E-state index contributed by atoms with van der Waals surface area (Å²) in [5.41, 5.74) is 1.85. The molecule has 132 valence electrons. The van der Waals surface area contributed by atoms with Gasteiger partial charge in [0.05, 0.1) is 17.3 Å². The Bertz CT molecular complexity index is 878. The molecule has 0 spiro atoms. The van der Waals surface area contributed by atoms with E-state index in [0.717, 1.165) is 11.0 Å². The summed E-state index contributed by atoms with van der Waals surface area (Å²) in [6, 6.07) is 9.43. The summed E-state index contributed by atoms with van der Waals surface area (Å²) in [5, 5.41) is 8.73. The van der Waals surface area contributed by atoms with E-state index in [4.69, 9.17) is 16.0 Å². The number of halogens is 1. The second kappa shape index (κ2) is 6.92. The normalized spacial score (nSPS) is 12.7. The predicted octanol–water partition coefficient (Wildman–Crippen LogP) is 4.74. The quantitative estimate of drug-likeness (QED) is 0.715. The van der Waals surface area contributed by atoms with Crippen molar-refractivity contribution in [3.05, 3.63) is 52.5 Å². The number of amides is 1. The van der Waals surface area contributed by atoms with Gasteiger partial charge in [-0.2, -0.15) is 5.10 Å². The maximum atomic E-state index is 12.7. The molecular formula is C19H22ClN3O2. The Kier molecular flexibility index (Phi) is 4.86. The van der Waals surface area contributed by atoms with Gasteiger partial charge in [0.2, 0.25) is 0 Å². The topological polar surface area (TPSA) is 60.1 Å². The van der Waals surface area contributed by atoms with E-state index in [1.54, 1.807) is 11.6 Å². The van der Waals surface area contributed by atoms with Gasteiger partial charge in [-0.1, -0.05) is 43.6 Å². The number of fused-ring (bicyclic) bond motifs is 1. The minimum absolute atomic E-state index is 0.245. The molecule has 0 bridgehead atoms. The molecule has 3 aromatic rings. The van der Waals surface area contributed by atoms with Crippen LogP contribution in [0.1, 0.15) is 48.6 Å². The summed E-state index contributed by atoms with van der Waals surface area (Å²) in [7, 11) is 0. The zero-order valence-electron chi connectivity index (χ0n) is 14.8. The van der Waals surface area contributed by atoms with Gasteiger partial charge in [0.15, 0.2) is 0 Å². The standard InChI is InChI=1S/C19H22ClN3O2/c1-11(2)10-23-18(20)17(13(4)22-23)19(24)21-12(3)16-9-14-7-5-6-8-15(14)25-16/h5-9,11-12H,10H2,1-4H3,(H,21,24)/t12-/m0/s1. The molecule has 0 aliphatic carbocycles. The lowest BCUT2D eigenvalue weighted by molar-refractivity contribution is 0.0935. The number of furan rings is 1. The summed E-state index contributed by atoms with van der Waals surface area (Å²) in [4.78, 5) is 12.7. The summed E-state index contributed by atoms with van der Waals surface area (Å²) in [5.74, 6) is 0.852. The Hall–Kier alpha value is -2.27. The molecule has 1 aromatic carbocycles. The SMILES string of the molecule is Cc1nn(CC(C)C)c(Cl)c1C(=O)N[C@@H](C)c1cc2ccccc2o1. The van der Waals surface area contributed by atoms with Gasteiger partial charge in [-0.25, -0.2) is 0 Å². The van der Waals surface area contributed by atoms with Gasteiger partial charge in [-0.3, -0.25) is 9.48 Å². The van der Waals surface area contributed by atoms with E-state index < -0.39 is 0 Å². The number of hydrogen-bond donors (Lipinski definition) is 1. The van der Waals surface area contributed by atoms with Crippen LogP contribution < -0.4 is 5.32 Å². The molecule has 0 saturated heterocycles. The van der Waals surface area contributed by atoms with Crippen molar-refractivity contribution in [2.24, 2.45) is 5.92 Å². The molecule has 25 heavy (non-hydrogen) atoms. The van der Waals surface area contributed by atoms with Crippen LogP contribution >= 0.6 is 11.6 Å². The predicted molar refractivity (Wildman–Crippen MR) is 98.9 cm³/mol. The van der Waals surface area contributed by atoms with E-state index in [1.807, 2.05) is 37.3 Å². The van der Waals surface area contributed by atoms with Gasteiger partial charge in [0, 0.05) is 11.9 Å².